The number of amides is 1. The van der Waals surface area contributed by atoms with E-state index in [0.29, 0.717) is 13.0 Å². The Balaban J connectivity index is 1.86. The van der Waals surface area contributed by atoms with Crippen molar-refractivity contribution in [3.05, 3.63) is 18.0 Å². The van der Waals surface area contributed by atoms with Gasteiger partial charge in [-0.1, -0.05) is 0 Å². The standard InChI is InChI=1S/C12H18N4O3/c1-7(2)16-12(17)19-9-3-10(18-6-9)8-4-14-11(13)15-5-8/h4-5,7,9-10H,3,6H2,1-2H3,(H,16,17)(H2,13,14,15)/t9-,10+/m1/s1. The van der Waals surface area contributed by atoms with E-state index in [9.17, 15) is 4.79 Å². The fourth-order valence-electron chi connectivity index (χ4n) is 1.85. The Kier molecular flexibility index (Phi) is 4.16. The smallest absolute Gasteiger partial charge is 0.407 e. The van der Waals surface area contributed by atoms with E-state index in [4.69, 9.17) is 15.2 Å². The fraction of sp³-hybridized carbons (Fsp3) is 0.583. The predicted octanol–water partition coefficient (Wildman–Crippen LogP) is 1.02. The minimum atomic E-state index is -0.419. The zero-order chi connectivity index (χ0) is 13.8. The van der Waals surface area contributed by atoms with Gasteiger partial charge in [-0.3, -0.25) is 0 Å². The summed E-state index contributed by atoms with van der Waals surface area (Å²) in [5.41, 5.74) is 6.26. The van der Waals surface area contributed by atoms with Gasteiger partial charge in [0.2, 0.25) is 5.95 Å². The highest BCUT2D eigenvalue weighted by atomic mass is 16.6. The third-order valence-corrected chi connectivity index (χ3v) is 2.70. The number of hydrogen-bond acceptors (Lipinski definition) is 6. The maximum Gasteiger partial charge on any atom is 0.407 e. The molecule has 0 radical (unpaired) electrons. The average molecular weight is 266 g/mol. The lowest BCUT2D eigenvalue weighted by atomic mass is 10.1. The number of aromatic nitrogens is 2. The summed E-state index contributed by atoms with van der Waals surface area (Å²) in [6.45, 7) is 4.13. The summed E-state index contributed by atoms with van der Waals surface area (Å²) < 4.78 is 10.8. The molecule has 1 amide bonds. The molecule has 2 rings (SSSR count). The molecule has 0 aliphatic carbocycles. The highest BCUT2D eigenvalue weighted by Crippen LogP contribution is 2.29. The van der Waals surface area contributed by atoms with Crippen LogP contribution in [0.25, 0.3) is 0 Å². The van der Waals surface area contributed by atoms with Gasteiger partial charge in [-0.15, -0.1) is 0 Å². The topological polar surface area (TPSA) is 99.4 Å². The molecule has 1 fully saturated rings. The van der Waals surface area contributed by atoms with Crippen molar-refractivity contribution >= 4 is 12.0 Å². The van der Waals surface area contributed by atoms with Gasteiger partial charge in [0.25, 0.3) is 0 Å². The molecule has 0 bridgehead atoms. The Morgan fingerprint density at radius 1 is 1.53 bits per heavy atom. The lowest BCUT2D eigenvalue weighted by Crippen LogP contribution is -2.33. The first-order valence-corrected chi connectivity index (χ1v) is 6.20. The van der Waals surface area contributed by atoms with E-state index in [-0.39, 0.29) is 24.2 Å². The van der Waals surface area contributed by atoms with E-state index < -0.39 is 6.09 Å². The summed E-state index contributed by atoms with van der Waals surface area (Å²) in [5, 5.41) is 2.67. The SMILES string of the molecule is CC(C)NC(=O)O[C@H]1CO[C@H](c2cnc(N)nc2)C1. The summed E-state index contributed by atoms with van der Waals surface area (Å²) in [6.07, 6.45) is 3.03. The first kappa shape index (κ1) is 13.5. The molecule has 1 aliphatic rings. The molecule has 7 heteroatoms. The number of nitrogens with two attached hydrogens (primary N) is 1. The molecule has 0 unspecified atom stereocenters. The molecule has 1 aromatic heterocycles. The van der Waals surface area contributed by atoms with Gasteiger partial charge in [0.15, 0.2) is 0 Å². The van der Waals surface area contributed by atoms with Gasteiger partial charge in [0.1, 0.15) is 6.10 Å². The van der Waals surface area contributed by atoms with Crippen LogP contribution < -0.4 is 11.1 Å². The molecule has 2 atom stereocenters. The quantitative estimate of drug-likeness (QED) is 0.847. The van der Waals surface area contributed by atoms with Crippen LogP contribution in [0.1, 0.15) is 31.9 Å². The summed E-state index contributed by atoms with van der Waals surface area (Å²) in [5.74, 6) is 0.228. The van der Waals surface area contributed by atoms with E-state index in [2.05, 4.69) is 15.3 Å². The molecule has 3 N–H and O–H groups in total. The van der Waals surface area contributed by atoms with Crippen LogP contribution in [0.5, 0.6) is 0 Å². The molecule has 0 saturated carbocycles. The molecular formula is C12H18N4O3. The van der Waals surface area contributed by atoms with Crippen molar-refractivity contribution in [1.29, 1.82) is 0 Å². The maximum absolute atomic E-state index is 11.5. The van der Waals surface area contributed by atoms with Gasteiger partial charge in [-0.05, 0) is 13.8 Å². The fourth-order valence-corrected chi connectivity index (χ4v) is 1.85. The minimum Gasteiger partial charge on any atom is -0.444 e. The molecule has 104 valence electrons. The Hall–Kier alpha value is -1.89. The Morgan fingerprint density at radius 3 is 2.84 bits per heavy atom. The van der Waals surface area contributed by atoms with Crippen LogP contribution in [0.3, 0.4) is 0 Å². The molecule has 1 aliphatic heterocycles. The van der Waals surface area contributed by atoms with Crippen LogP contribution in [0, 0.1) is 0 Å². The van der Waals surface area contributed by atoms with Crippen molar-refractivity contribution < 1.29 is 14.3 Å². The second-order valence-electron chi connectivity index (χ2n) is 4.76. The van der Waals surface area contributed by atoms with Crippen molar-refractivity contribution in [2.45, 2.75) is 38.5 Å². The number of carbonyl (C=O) groups excluding carboxylic acids is 1. The van der Waals surface area contributed by atoms with Gasteiger partial charge in [0, 0.05) is 30.4 Å². The average Bonchev–Trinajstić information content (AvgIpc) is 2.77. The van der Waals surface area contributed by atoms with Gasteiger partial charge >= 0.3 is 6.09 Å². The number of nitrogens with zero attached hydrogens (tertiary/aromatic N) is 2. The zero-order valence-corrected chi connectivity index (χ0v) is 11.0. The Morgan fingerprint density at radius 2 is 2.21 bits per heavy atom. The van der Waals surface area contributed by atoms with Crippen LogP contribution in [0.4, 0.5) is 10.7 Å². The van der Waals surface area contributed by atoms with Crippen molar-refractivity contribution in [3.63, 3.8) is 0 Å². The van der Waals surface area contributed by atoms with Crippen molar-refractivity contribution in [2.75, 3.05) is 12.3 Å². The molecule has 19 heavy (non-hydrogen) atoms. The summed E-state index contributed by atoms with van der Waals surface area (Å²) in [7, 11) is 0. The molecule has 0 spiro atoms. The monoisotopic (exact) mass is 266 g/mol. The van der Waals surface area contributed by atoms with Gasteiger partial charge in [-0.25, -0.2) is 14.8 Å². The van der Waals surface area contributed by atoms with E-state index in [1.165, 1.54) is 0 Å². The van der Waals surface area contributed by atoms with Crippen molar-refractivity contribution in [1.82, 2.24) is 15.3 Å². The highest BCUT2D eigenvalue weighted by Gasteiger charge is 2.30. The lowest BCUT2D eigenvalue weighted by molar-refractivity contribution is 0.0690. The van der Waals surface area contributed by atoms with Crippen molar-refractivity contribution in [2.24, 2.45) is 0 Å². The number of hydrogen-bond donors (Lipinski definition) is 2. The number of carbonyl (C=O) groups is 1. The van der Waals surface area contributed by atoms with E-state index in [0.717, 1.165) is 5.56 Å². The van der Waals surface area contributed by atoms with Crippen LogP contribution >= 0.6 is 0 Å². The van der Waals surface area contributed by atoms with Gasteiger partial charge in [0.05, 0.1) is 12.7 Å². The molecule has 0 aromatic carbocycles. The van der Waals surface area contributed by atoms with Crippen LogP contribution in [0.15, 0.2) is 12.4 Å². The molecular weight excluding hydrogens is 248 g/mol. The van der Waals surface area contributed by atoms with E-state index in [1.807, 2.05) is 13.8 Å². The number of rotatable bonds is 3. The number of alkyl carbamates (subject to hydrolysis) is 1. The van der Waals surface area contributed by atoms with Crippen LogP contribution in [-0.2, 0) is 9.47 Å². The van der Waals surface area contributed by atoms with E-state index >= 15 is 0 Å². The molecule has 1 aromatic rings. The van der Waals surface area contributed by atoms with Crippen molar-refractivity contribution in [3.8, 4) is 0 Å². The normalized spacial score (nSPS) is 22.5. The maximum atomic E-state index is 11.5. The number of ether oxygens (including phenoxy) is 2. The largest absolute Gasteiger partial charge is 0.444 e. The first-order chi connectivity index (χ1) is 9.04. The zero-order valence-electron chi connectivity index (χ0n) is 11.0. The Labute approximate surface area is 111 Å². The van der Waals surface area contributed by atoms with Gasteiger partial charge in [-0.2, -0.15) is 0 Å². The highest BCUT2D eigenvalue weighted by molar-refractivity contribution is 5.67. The summed E-state index contributed by atoms with van der Waals surface area (Å²) in [6, 6.07) is 0.0520. The number of nitrogens with one attached hydrogen (secondary N) is 1. The third-order valence-electron chi connectivity index (χ3n) is 2.70. The molecule has 1 saturated heterocycles. The number of nitrogen functional groups attached to an aromatic ring is 1. The first-order valence-electron chi connectivity index (χ1n) is 6.20. The number of anilines is 1. The molecule has 2 heterocycles. The van der Waals surface area contributed by atoms with Crippen LogP contribution in [0.2, 0.25) is 0 Å². The third kappa shape index (κ3) is 3.78. The van der Waals surface area contributed by atoms with Gasteiger partial charge < -0.3 is 20.5 Å². The predicted molar refractivity (Wildman–Crippen MR) is 68.3 cm³/mol. The second-order valence-corrected chi connectivity index (χ2v) is 4.76. The second kappa shape index (κ2) is 5.83. The lowest BCUT2D eigenvalue weighted by Gasteiger charge is -2.13. The van der Waals surface area contributed by atoms with E-state index in [1.54, 1.807) is 12.4 Å². The summed E-state index contributed by atoms with van der Waals surface area (Å²) >= 11 is 0. The Bertz CT molecular complexity index is 435. The minimum absolute atomic E-state index is 0.0520. The molecule has 7 nitrogen and oxygen atoms in total. The summed E-state index contributed by atoms with van der Waals surface area (Å²) in [4.78, 5) is 19.3. The van der Waals surface area contributed by atoms with Crippen LogP contribution in [-0.4, -0.2) is 34.8 Å².